The number of hydrogen-bond donors (Lipinski definition) is 0. The van der Waals surface area contributed by atoms with Crippen molar-refractivity contribution in [1.29, 1.82) is 0 Å². The maximum atomic E-state index is 13.3. The van der Waals surface area contributed by atoms with Crippen LogP contribution in [-0.2, 0) is 9.59 Å². The number of carbonyl (C=O) groups is 2. The van der Waals surface area contributed by atoms with Crippen LogP contribution in [0.25, 0.3) is 11.1 Å². The molecule has 0 radical (unpaired) electrons. The molecular weight excluding hydrogens is 404 g/mol. The van der Waals surface area contributed by atoms with Gasteiger partial charge in [0.05, 0.1) is 11.6 Å². The summed E-state index contributed by atoms with van der Waals surface area (Å²) in [5, 5.41) is 5.92. The maximum absolute atomic E-state index is 13.3. The van der Waals surface area contributed by atoms with Crippen LogP contribution in [-0.4, -0.2) is 40.5 Å². The van der Waals surface area contributed by atoms with Gasteiger partial charge in [-0.3, -0.25) is 9.59 Å². The molecule has 2 aromatic carbocycles. The number of rotatable bonds is 3. The van der Waals surface area contributed by atoms with E-state index in [2.05, 4.69) is 10.1 Å². The molecule has 0 spiro atoms. The van der Waals surface area contributed by atoms with E-state index in [4.69, 9.17) is 4.42 Å². The molecule has 164 valence electrons. The molecule has 7 nitrogen and oxygen atoms in total. The zero-order valence-electron chi connectivity index (χ0n) is 18.4. The predicted molar refractivity (Wildman–Crippen MR) is 123 cm³/mol. The summed E-state index contributed by atoms with van der Waals surface area (Å²) in [5.74, 6) is 0.550. The first-order chi connectivity index (χ1) is 15.5. The lowest BCUT2D eigenvalue weighted by Gasteiger charge is -2.33. The van der Waals surface area contributed by atoms with Crippen LogP contribution in [0.15, 0.2) is 52.0 Å². The number of para-hydroxylation sites is 2. The normalized spacial score (nSPS) is 19.4. The summed E-state index contributed by atoms with van der Waals surface area (Å²) in [5.41, 5.74) is 4.78. The average molecular weight is 431 g/mol. The number of hydrazone groups is 1. The third-order valence-electron chi connectivity index (χ3n) is 6.24. The lowest BCUT2D eigenvalue weighted by molar-refractivity contribution is -0.125. The third-order valence-corrected chi connectivity index (χ3v) is 6.24. The molecule has 0 bridgehead atoms. The number of aryl methyl sites for hydroxylation is 2. The van der Waals surface area contributed by atoms with E-state index in [1.165, 1.54) is 5.01 Å². The van der Waals surface area contributed by atoms with Crippen molar-refractivity contribution in [1.82, 2.24) is 9.88 Å². The van der Waals surface area contributed by atoms with Gasteiger partial charge in [-0.2, -0.15) is 5.10 Å². The zero-order chi connectivity index (χ0) is 22.2. The van der Waals surface area contributed by atoms with E-state index in [9.17, 15) is 9.59 Å². The molecule has 1 unspecified atom stereocenters. The summed E-state index contributed by atoms with van der Waals surface area (Å²) in [7, 11) is 0. The number of piperidine rings is 1. The number of aromatic nitrogens is 1. The molecule has 2 aliphatic heterocycles. The number of anilines is 1. The van der Waals surface area contributed by atoms with Gasteiger partial charge in [-0.1, -0.05) is 24.3 Å². The van der Waals surface area contributed by atoms with Crippen LogP contribution >= 0.6 is 0 Å². The van der Waals surface area contributed by atoms with Crippen LogP contribution < -0.4 is 5.01 Å². The Bertz CT molecular complexity index is 1200. The molecule has 1 aromatic heterocycles. The molecule has 1 saturated heterocycles. The first-order valence-electron chi connectivity index (χ1n) is 11.1. The Kier molecular flexibility index (Phi) is 5.25. The molecule has 1 fully saturated rings. The van der Waals surface area contributed by atoms with Crippen molar-refractivity contribution in [3.8, 4) is 0 Å². The molecule has 2 aliphatic rings. The molecule has 3 aromatic rings. The molecule has 1 atom stereocenters. The Morgan fingerprint density at radius 1 is 1.12 bits per heavy atom. The van der Waals surface area contributed by atoms with E-state index < -0.39 is 0 Å². The number of carbonyl (C=O) groups excluding carboxylic acids is 2. The molecule has 3 heterocycles. The Labute approximate surface area is 186 Å². The predicted octanol–water partition coefficient (Wildman–Crippen LogP) is 4.33. The monoisotopic (exact) mass is 430 g/mol. The largest absolute Gasteiger partial charge is 0.440 e. The molecule has 32 heavy (non-hydrogen) atoms. The summed E-state index contributed by atoms with van der Waals surface area (Å²) < 4.78 is 5.96. The fourth-order valence-electron chi connectivity index (χ4n) is 4.45. The van der Waals surface area contributed by atoms with Crippen LogP contribution in [0.5, 0.6) is 0 Å². The van der Waals surface area contributed by atoms with Crippen molar-refractivity contribution in [2.75, 3.05) is 18.1 Å². The van der Waals surface area contributed by atoms with Gasteiger partial charge in [0.1, 0.15) is 11.2 Å². The maximum Gasteiger partial charge on any atom is 0.270 e. The highest BCUT2D eigenvalue weighted by atomic mass is 16.3. The second-order valence-corrected chi connectivity index (χ2v) is 8.65. The summed E-state index contributed by atoms with van der Waals surface area (Å²) >= 11 is 0. The van der Waals surface area contributed by atoms with Crippen molar-refractivity contribution < 1.29 is 14.0 Å². The van der Waals surface area contributed by atoms with E-state index in [-0.39, 0.29) is 24.2 Å². The molecule has 7 heteroatoms. The number of amides is 2. The molecular formula is C25H26N4O3. The highest BCUT2D eigenvalue weighted by molar-refractivity contribution is 6.40. The van der Waals surface area contributed by atoms with Crippen LogP contribution in [0.2, 0.25) is 0 Å². The van der Waals surface area contributed by atoms with E-state index in [0.29, 0.717) is 31.1 Å². The minimum Gasteiger partial charge on any atom is -0.440 e. The summed E-state index contributed by atoms with van der Waals surface area (Å²) in [6.45, 7) is 5.14. The number of benzene rings is 2. The van der Waals surface area contributed by atoms with Gasteiger partial charge in [-0.25, -0.2) is 9.99 Å². The van der Waals surface area contributed by atoms with Gasteiger partial charge in [-0.05, 0) is 56.0 Å². The molecule has 0 N–H and O–H groups in total. The van der Waals surface area contributed by atoms with Crippen molar-refractivity contribution in [2.45, 2.75) is 45.4 Å². The van der Waals surface area contributed by atoms with Crippen molar-refractivity contribution in [3.63, 3.8) is 0 Å². The van der Waals surface area contributed by atoms with Crippen LogP contribution in [0, 0.1) is 13.8 Å². The van der Waals surface area contributed by atoms with Crippen molar-refractivity contribution in [2.24, 2.45) is 5.10 Å². The Morgan fingerprint density at radius 2 is 1.97 bits per heavy atom. The van der Waals surface area contributed by atoms with E-state index in [0.717, 1.165) is 40.8 Å². The standard InChI is InChI=1S/C25H26N4O3/c1-16-9-10-17(2)21(14-16)29-23(30)12-11-20(27-29)25(31)28-13-5-6-18(15-28)24-26-19-7-3-4-8-22(19)32-24/h3-4,7-10,14,18H,5-6,11-13,15H2,1-2H3. The third kappa shape index (κ3) is 3.79. The highest BCUT2D eigenvalue weighted by Crippen LogP contribution is 2.30. The van der Waals surface area contributed by atoms with Gasteiger partial charge in [-0.15, -0.1) is 0 Å². The smallest absolute Gasteiger partial charge is 0.270 e. The van der Waals surface area contributed by atoms with E-state index in [1.807, 2.05) is 61.2 Å². The quantitative estimate of drug-likeness (QED) is 0.619. The number of nitrogens with zero attached hydrogens (tertiary/aromatic N) is 4. The van der Waals surface area contributed by atoms with Crippen LogP contribution in [0.3, 0.4) is 0 Å². The first kappa shape index (κ1) is 20.4. The lowest BCUT2D eigenvalue weighted by Crippen LogP contribution is -2.45. The fraction of sp³-hybridized carbons (Fsp3) is 0.360. The molecule has 2 amide bonds. The minimum absolute atomic E-state index is 0.0565. The number of fused-ring (bicyclic) bond motifs is 1. The van der Waals surface area contributed by atoms with Crippen LogP contribution in [0.4, 0.5) is 5.69 Å². The van der Waals surface area contributed by atoms with Gasteiger partial charge in [0.2, 0.25) is 5.91 Å². The lowest BCUT2D eigenvalue weighted by atomic mass is 9.97. The van der Waals surface area contributed by atoms with E-state index >= 15 is 0 Å². The van der Waals surface area contributed by atoms with Gasteiger partial charge in [0.15, 0.2) is 11.5 Å². The molecule has 0 aliphatic carbocycles. The minimum atomic E-state index is -0.103. The Hall–Kier alpha value is -3.48. The van der Waals surface area contributed by atoms with Gasteiger partial charge in [0, 0.05) is 25.9 Å². The fourth-order valence-corrected chi connectivity index (χ4v) is 4.45. The first-order valence-corrected chi connectivity index (χ1v) is 11.1. The molecule has 0 saturated carbocycles. The van der Waals surface area contributed by atoms with Gasteiger partial charge < -0.3 is 9.32 Å². The SMILES string of the molecule is Cc1ccc(C)c(N2N=C(C(=O)N3CCCC(c4nc5ccccc5o4)C3)CCC2=O)c1. The Balaban J connectivity index is 1.38. The second-order valence-electron chi connectivity index (χ2n) is 8.65. The summed E-state index contributed by atoms with van der Waals surface area (Å²) in [6, 6.07) is 13.6. The second kappa shape index (κ2) is 8.22. The summed E-state index contributed by atoms with van der Waals surface area (Å²) in [6.07, 6.45) is 2.45. The topological polar surface area (TPSA) is 79.0 Å². The molecule has 5 rings (SSSR count). The Morgan fingerprint density at radius 3 is 2.81 bits per heavy atom. The van der Waals surface area contributed by atoms with Crippen LogP contribution in [0.1, 0.15) is 48.6 Å². The van der Waals surface area contributed by atoms with Crippen molar-refractivity contribution >= 4 is 34.3 Å². The number of oxazole rings is 1. The van der Waals surface area contributed by atoms with Gasteiger partial charge >= 0.3 is 0 Å². The van der Waals surface area contributed by atoms with Gasteiger partial charge in [0.25, 0.3) is 5.91 Å². The average Bonchev–Trinajstić information content (AvgIpc) is 3.25. The zero-order valence-corrected chi connectivity index (χ0v) is 18.4. The summed E-state index contributed by atoms with van der Waals surface area (Å²) in [4.78, 5) is 32.4. The van der Waals surface area contributed by atoms with E-state index in [1.54, 1.807) is 0 Å². The number of likely N-dealkylation sites (tertiary alicyclic amines) is 1. The highest BCUT2D eigenvalue weighted by Gasteiger charge is 2.33. The number of hydrogen-bond acceptors (Lipinski definition) is 5. The van der Waals surface area contributed by atoms with Crippen molar-refractivity contribution in [3.05, 3.63) is 59.5 Å².